The average Bonchev–Trinajstić information content (AvgIpc) is 2.25. The summed E-state index contributed by atoms with van der Waals surface area (Å²) in [6.07, 6.45) is 0.834. The minimum Gasteiger partial charge on any atom is -0.399 e. The second kappa shape index (κ2) is 4.05. The van der Waals surface area contributed by atoms with Gasteiger partial charge in [-0.25, -0.2) is 0 Å². The molecule has 0 bridgehead atoms. The van der Waals surface area contributed by atoms with E-state index in [2.05, 4.69) is 6.07 Å². The molecule has 0 aromatic heterocycles. The van der Waals surface area contributed by atoms with Gasteiger partial charge in [-0.2, -0.15) is 0 Å². The molecule has 0 heterocycles. The Hall–Kier alpha value is -1.96. The molecule has 0 aliphatic carbocycles. The van der Waals surface area contributed by atoms with Crippen LogP contribution in [0.5, 0.6) is 0 Å². The van der Waals surface area contributed by atoms with Crippen molar-refractivity contribution >= 4 is 11.4 Å². The number of hydrogen-bond acceptors (Lipinski definition) is 2. The summed E-state index contributed by atoms with van der Waals surface area (Å²) < 4.78 is 0. The van der Waals surface area contributed by atoms with E-state index in [0.717, 1.165) is 23.4 Å². The first-order chi connectivity index (χ1) is 7.25. The van der Waals surface area contributed by atoms with Crippen LogP contribution in [-0.2, 0) is 6.42 Å². The lowest BCUT2D eigenvalue weighted by molar-refractivity contribution is 1.20. The van der Waals surface area contributed by atoms with Gasteiger partial charge in [0.25, 0.3) is 0 Å². The van der Waals surface area contributed by atoms with Crippen LogP contribution in [0.15, 0.2) is 42.5 Å². The Morgan fingerprint density at radius 3 is 2.40 bits per heavy atom. The average molecular weight is 197 g/mol. The summed E-state index contributed by atoms with van der Waals surface area (Å²) in [5, 5.41) is 0. The Kier molecular flexibility index (Phi) is 2.59. The Bertz CT molecular complexity index is 446. The maximum Gasteiger partial charge on any atom is 0.0356 e. The molecule has 2 heteroatoms. The first-order valence-electron chi connectivity index (χ1n) is 4.84. The summed E-state index contributed by atoms with van der Waals surface area (Å²) in [7, 11) is 0. The highest BCUT2D eigenvalue weighted by molar-refractivity contribution is 5.49. The monoisotopic (exact) mass is 197 g/mol. The van der Waals surface area contributed by atoms with Crippen molar-refractivity contribution in [3.05, 3.63) is 59.7 Å². The Morgan fingerprint density at radius 2 is 1.73 bits per heavy atom. The molecule has 0 fully saturated rings. The molecule has 2 nitrogen and oxygen atoms in total. The lowest BCUT2D eigenvalue weighted by Gasteiger charge is -2.05. The predicted octanol–water partition coefficient (Wildman–Crippen LogP) is 2.24. The fourth-order valence-electron chi connectivity index (χ4n) is 1.49. The van der Waals surface area contributed by atoms with Crippen LogP contribution >= 0.6 is 0 Å². The molecule has 0 spiro atoms. The molecule has 2 aromatic rings. The molecule has 0 saturated heterocycles. The normalized spacial score (nSPS) is 10.1. The minimum absolute atomic E-state index is 0.785. The van der Waals surface area contributed by atoms with Gasteiger partial charge in [0.05, 0.1) is 0 Å². The molecular formula is C13H13N2. The predicted molar refractivity (Wildman–Crippen MR) is 63.4 cm³/mol. The van der Waals surface area contributed by atoms with Crippen LogP contribution in [-0.4, -0.2) is 0 Å². The van der Waals surface area contributed by atoms with Gasteiger partial charge in [-0.15, -0.1) is 0 Å². The van der Waals surface area contributed by atoms with E-state index in [1.807, 2.05) is 36.4 Å². The van der Waals surface area contributed by atoms with Crippen molar-refractivity contribution in [1.82, 2.24) is 0 Å². The van der Waals surface area contributed by atoms with Crippen LogP contribution < -0.4 is 11.5 Å². The molecule has 0 aliphatic rings. The van der Waals surface area contributed by atoms with Gasteiger partial charge in [-0.3, -0.25) is 0 Å². The third kappa shape index (κ3) is 2.29. The Labute approximate surface area is 89.5 Å². The number of rotatable bonds is 2. The van der Waals surface area contributed by atoms with E-state index >= 15 is 0 Å². The minimum atomic E-state index is 0.785. The van der Waals surface area contributed by atoms with Crippen molar-refractivity contribution in [3.8, 4) is 0 Å². The topological polar surface area (TPSA) is 52.0 Å². The maximum absolute atomic E-state index is 5.84. The van der Waals surface area contributed by atoms with Gasteiger partial charge in [0.15, 0.2) is 0 Å². The Morgan fingerprint density at radius 1 is 1.00 bits per heavy atom. The third-order valence-corrected chi connectivity index (χ3v) is 2.36. The van der Waals surface area contributed by atoms with Crippen molar-refractivity contribution in [3.63, 3.8) is 0 Å². The second-order valence-electron chi connectivity index (χ2n) is 3.54. The lowest BCUT2D eigenvalue weighted by atomic mass is 10.0. The molecule has 0 saturated carbocycles. The van der Waals surface area contributed by atoms with Crippen LogP contribution in [0, 0.1) is 6.07 Å². The highest BCUT2D eigenvalue weighted by Gasteiger charge is 1.99. The summed E-state index contributed by atoms with van der Waals surface area (Å²) in [4.78, 5) is 0. The summed E-state index contributed by atoms with van der Waals surface area (Å²) in [6, 6.07) is 16.5. The third-order valence-electron chi connectivity index (χ3n) is 2.36. The van der Waals surface area contributed by atoms with Crippen molar-refractivity contribution in [2.45, 2.75) is 6.42 Å². The first-order valence-corrected chi connectivity index (χ1v) is 4.84. The smallest absolute Gasteiger partial charge is 0.0356 e. The molecule has 15 heavy (non-hydrogen) atoms. The van der Waals surface area contributed by atoms with E-state index in [-0.39, 0.29) is 0 Å². The molecule has 0 aliphatic heterocycles. The van der Waals surface area contributed by atoms with Gasteiger partial charge in [0.2, 0.25) is 0 Å². The molecule has 0 amide bonds. The van der Waals surface area contributed by atoms with Crippen molar-refractivity contribution in [2.75, 3.05) is 11.5 Å². The van der Waals surface area contributed by atoms with Crippen molar-refractivity contribution in [1.29, 1.82) is 0 Å². The SMILES string of the molecule is Nc1ccc(Cc2cc[c]cc2N)cc1. The van der Waals surface area contributed by atoms with E-state index < -0.39 is 0 Å². The first kappa shape index (κ1) is 9.59. The van der Waals surface area contributed by atoms with E-state index in [4.69, 9.17) is 11.5 Å². The lowest BCUT2D eigenvalue weighted by Crippen LogP contribution is -1.95. The number of nitrogens with two attached hydrogens (primary N) is 2. The molecule has 0 unspecified atom stereocenters. The van der Waals surface area contributed by atoms with E-state index in [1.54, 1.807) is 6.07 Å². The quantitative estimate of drug-likeness (QED) is 0.725. The number of hydrogen-bond donors (Lipinski definition) is 2. The molecular weight excluding hydrogens is 184 g/mol. The number of benzene rings is 2. The zero-order valence-corrected chi connectivity index (χ0v) is 8.40. The van der Waals surface area contributed by atoms with Gasteiger partial charge in [-0.05, 0) is 41.8 Å². The molecule has 2 rings (SSSR count). The summed E-state index contributed by atoms with van der Waals surface area (Å²) in [5.41, 5.74) is 15.4. The highest BCUT2D eigenvalue weighted by Crippen LogP contribution is 2.16. The molecule has 1 radical (unpaired) electrons. The van der Waals surface area contributed by atoms with Crippen LogP contribution in [0.4, 0.5) is 11.4 Å². The van der Waals surface area contributed by atoms with E-state index in [0.29, 0.717) is 0 Å². The maximum atomic E-state index is 5.84. The summed E-state index contributed by atoms with van der Waals surface area (Å²) in [5.74, 6) is 0. The molecule has 4 N–H and O–H groups in total. The zero-order chi connectivity index (χ0) is 10.7. The number of nitrogen functional groups attached to an aromatic ring is 2. The van der Waals surface area contributed by atoms with Gasteiger partial charge >= 0.3 is 0 Å². The number of anilines is 2. The van der Waals surface area contributed by atoms with Gasteiger partial charge in [0, 0.05) is 11.4 Å². The Balaban J connectivity index is 2.22. The summed E-state index contributed by atoms with van der Waals surface area (Å²) >= 11 is 0. The molecule has 75 valence electrons. The van der Waals surface area contributed by atoms with Crippen molar-refractivity contribution < 1.29 is 0 Å². The highest BCUT2D eigenvalue weighted by atomic mass is 14.6. The van der Waals surface area contributed by atoms with Gasteiger partial charge in [-0.1, -0.05) is 24.3 Å². The van der Waals surface area contributed by atoms with E-state index in [9.17, 15) is 0 Å². The zero-order valence-electron chi connectivity index (χ0n) is 8.40. The van der Waals surface area contributed by atoms with Crippen LogP contribution in [0.1, 0.15) is 11.1 Å². The van der Waals surface area contributed by atoms with Crippen LogP contribution in [0.2, 0.25) is 0 Å². The van der Waals surface area contributed by atoms with Gasteiger partial charge < -0.3 is 11.5 Å². The van der Waals surface area contributed by atoms with Gasteiger partial charge in [0.1, 0.15) is 0 Å². The van der Waals surface area contributed by atoms with Crippen molar-refractivity contribution in [2.24, 2.45) is 0 Å². The second-order valence-corrected chi connectivity index (χ2v) is 3.54. The molecule has 0 atom stereocenters. The van der Waals surface area contributed by atoms with E-state index in [1.165, 1.54) is 5.56 Å². The molecule has 2 aromatic carbocycles. The van der Waals surface area contributed by atoms with Crippen LogP contribution in [0.3, 0.4) is 0 Å². The largest absolute Gasteiger partial charge is 0.399 e. The summed E-state index contributed by atoms with van der Waals surface area (Å²) in [6.45, 7) is 0. The van der Waals surface area contributed by atoms with Crippen LogP contribution in [0.25, 0.3) is 0 Å². The standard InChI is InChI=1S/C13H13N2/c14-12-7-5-10(6-8-12)9-11-3-1-2-4-13(11)15/h1,3-8H,9,14-15H2. The fraction of sp³-hybridized carbons (Fsp3) is 0.0769. The fourth-order valence-corrected chi connectivity index (χ4v) is 1.49.